The first kappa shape index (κ1) is 13.6. The quantitative estimate of drug-likeness (QED) is 0.942. The van der Waals surface area contributed by atoms with Crippen LogP contribution in [0.15, 0.2) is 36.9 Å². The smallest absolute Gasteiger partial charge is 0.161 e. The van der Waals surface area contributed by atoms with Crippen molar-refractivity contribution in [3.8, 4) is 11.5 Å². The summed E-state index contributed by atoms with van der Waals surface area (Å²) in [6.07, 6.45) is 9.55. The number of nitrogens with one attached hydrogen (secondary N) is 1. The number of rotatable bonds is 4. The molecule has 4 rings (SSSR count). The van der Waals surface area contributed by atoms with Crippen LogP contribution >= 0.6 is 0 Å². The van der Waals surface area contributed by atoms with Crippen LogP contribution in [0, 0.1) is 0 Å². The van der Waals surface area contributed by atoms with Gasteiger partial charge in [0, 0.05) is 31.0 Å². The highest BCUT2D eigenvalue weighted by Gasteiger charge is 2.27. The van der Waals surface area contributed by atoms with Crippen molar-refractivity contribution in [3.05, 3.63) is 42.5 Å². The van der Waals surface area contributed by atoms with Crippen LogP contribution in [0.3, 0.4) is 0 Å². The largest absolute Gasteiger partial charge is 0.486 e. The molecule has 1 saturated carbocycles. The molecule has 1 aliphatic heterocycles. The minimum atomic E-state index is 0.502. The molecule has 5 heteroatoms. The lowest BCUT2D eigenvalue weighted by Crippen LogP contribution is -2.33. The Balaban J connectivity index is 1.42. The summed E-state index contributed by atoms with van der Waals surface area (Å²) in [5.41, 5.74) is 1.24. The third-order valence-corrected chi connectivity index (χ3v) is 4.56. The second kappa shape index (κ2) is 6.01. The van der Waals surface area contributed by atoms with E-state index < -0.39 is 0 Å². The van der Waals surface area contributed by atoms with Crippen molar-refractivity contribution in [2.75, 3.05) is 13.2 Å². The average molecular weight is 299 g/mol. The summed E-state index contributed by atoms with van der Waals surface area (Å²) in [7, 11) is 0. The van der Waals surface area contributed by atoms with Gasteiger partial charge in [-0.15, -0.1) is 0 Å². The van der Waals surface area contributed by atoms with Crippen molar-refractivity contribution in [2.24, 2.45) is 0 Å². The molecule has 2 aromatic rings. The van der Waals surface area contributed by atoms with E-state index in [1.165, 1.54) is 24.8 Å². The van der Waals surface area contributed by atoms with Crippen LogP contribution in [-0.2, 0) is 6.54 Å². The lowest BCUT2D eigenvalue weighted by Gasteiger charge is -2.23. The van der Waals surface area contributed by atoms with Crippen LogP contribution in [0.2, 0.25) is 0 Å². The highest BCUT2D eigenvalue weighted by molar-refractivity contribution is 5.43. The third-order valence-electron chi connectivity index (χ3n) is 4.56. The van der Waals surface area contributed by atoms with Crippen LogP contribution in [0.5, 0.6) is 11.5 Å². The second-order valence-electron chi connectivity index (χ2n) is 5.97. The van der Waals surface area contributed by atoms with Crippen molar-refractivity contribution in [2.45, 2.75) is 37.9 Å². The predicted molar refractivity (Wildman–Crippen MR) is 83.2 cm³/mol. The molecule has 0 unspecified atom stereocenters. The van der Waals surface area contributed by atoms with E-state index in [0.29, 0.717) is 25.3 Å². The van der Waals surface area contributed by atoms with Crippen molar-refractivity contribution in [1.82, 2.24) is 14.9 Å². The Labute approximate surface area is 130 Å². The fourth-order valence-electron chi connectivity index (χ4n) is 3.45. The Hall–Kier alpha value is -2.01. The van der Waals surface area contributed by atoms with Crippen LogP contribution in [0.25, 0.3) is 0 Å². The first-order valence-electron chi connectivity index (χ1n) is 7.99. The molecule has 0 radical (unpaired) electrons. The second-order valence-corrected chi connectivity index (χ2v) is 5.97. The van der Waals surface area contributed by atoms with E-state index in [9.17, 15) is 0 Å². The lowest BCUT2D eigenvalue weighted by molar-refractivity contribution is 0.171. The van der Waals surface area contributed by atoms with E-state index in [2.05, 4.69) is 33.2 Å². The average Bonchev–Trinajstić information content (AvgIpc) is 3.23. The lowest BCUT2D eigenvalue weighted by atomic mass is 10.1. The van der Waals surface area contributed by atoms with Gasteiger partial charge in [0.2, 0.25) is 0 Å². The minimum absolute atomic E-state index is 0.502. The molecule has 0 saturated heterocycles. The van der Waals surface area contributed by atoms with Crippen molar-refractivity contribution in [1.29, 1.82) is 0 Å². The maximum Gasteiger partial charge on any atom is 0.161 e. The SMILES string of the molecule is c1cn([C@@H]2CCC[C@@H]2NCc2ccc3c(c2)OCCO3)cn1. The molecule has 5 nitrogen and oxygen atoms in total. The fraction of sp³-hybridized carbons (Fsp3) is 0.471. The topological polar surface area (TPSA) is 48.3 Å². The predicted octanol–water partition coefficient (Wildman–Crippen LogP) is 2.54. The maximum atomic E-state index is 5.65. The van der Waals surface area contributed by atoms with Gasteiger partial charge in [0.25, 0.3) is 0 Å². The minimum Gasteiger partial charge on any atom is -0.486 e. The number of aromatic nitrogens is 2. The molecular weight excluding hydrogens is 278 g/mol. The molecule has 1 fully saturated rings. The zero-order chi connectivity index (χ0) is 14.8. The Kier molecular flexibility index (Phi) is 3.72. The number of ether oxygens (including phenoxy) is 2. The van der Waals surface area contributed by atoms with Gasteiger partial charge < -0.3 is 19.4 Å². The first-order valence-corrected chi connectivity index (χ1v) is 7.99. The Morgan fingerprint density at radius 2 is 2.09 bits per heavy atom. The molecule has 1 aromatic carbocycles. The zero-order valence-corrected chi connectivity index (χ0v) is 12.6. The molecule has 2 heterocycles. The van der Waals surface area contributed by atoms with E-state index >= 15 is 0 Å². The first-order chi connectivity index (χ1) is 10.9. The van der Waals surface area contributed by atoms with Gasteiger partial charge in [0.1, 0.15) is 13.2 Å². The van der Waals surface area contributed by atoms with Gasteiger partial charge in [0.15, 0.2) is 11.5 Å². The summed E-state index contributed by atoms with van der Waals surface area (Å²) in [6, 6.07) is 7.22. The van der Waals surface area contributed by atoms with Crippen LogP contribution in [0.1, 0.15) is 30.9 Å². The summed E-state index contributed by atoms with van der Waals surface area (Å²) in [6.45, 7) is 2.13. The highest BCUT2D eigenvalue weighted by atomic mass is 16.6. The standard InChI is InChI=1S/C17H21N3O2/c1-2-14(15(3-1)20-7-6-18-12-20)19-11-13-4-5-16-17(10-13)22-9-8-21-16/h4-7,10,12,14-15,19H,1-3,8-9,11H2/t14-,15+/m0/s1. The summed E-state index contributed by atoms with van der Waals surface area (Å²) >= 11 is 0. The molecule has 1 N–H and O–H groups in total. The Bertz CT molecular complexity index is 627. The number of fused-ring (bicyclic) bond motifs is 1. The molecule has 0 bridgehead atoms. The molecule has 2 atom stereocenters. The fourth-order valence-corrected chi connectivity index (χ4v) is 3.45. The van der Waals surface area contributed by atoms with Gasteiger partial charge in [-0.3, -0.25) is 0 Å². The van der Waals surface area contributed by atoms with Gasteiger partial charge in [-0.1, -0.05) is 6.07 Å². The number of benzene rings is 1. The summed E-state index contributed by atoms with van der Waals surface area (Å²) in [4.78, 5) is 4.17. The van der Waals surface area contributed by atoms with Gasteiger partial charge in [-0.25, -0.2) is 4.98 Å². The summed E-state index contributed by atoms with van der Waals surface area (Å²) < 4.78 is 13.4. The number of hydrogen-bond acceptors (Lipinski definition) is 4. The van der Waals surface area contributed by atoms with Crippen molar-refractivity contribution in [3.63, 3.8) is 0 Å². The molecule has 0 spiro atoms. The molecule has 22 heavy (non-hydrogen) atoms. The Morgan fingerprint density at radius 1 is 1.18 bits per heavy atom. The van der Waals surface area contributed by atoms with Gasteiger partial charge in [-0.2, -0.15) is 0 Å². The number of imidazole rings is 1. The van der Waals surface area contributed by atoms with Crippen molar-refractivity contribution < 1.29 is 9.47 Å². The molecular formula is C17H21N3O2. The number of hydrogen-bond donors (Lipinski definition) is 1. The van der Waals surface area contributed by atoms with Crippen LogP contribution < -0.4 is 14.8 Å². The maximum absolute atomic E-state index is 5.65. The van der Waals surface area contributed by atoms with E-state index in [4.69, 9.17) is 9.47 Å². The molecule has 0 amide bonds. The van der Waals surface area contributed by atoms with E-state index in [0.717, 1.165) is 18.0 Å². The van der Waals surface area contributed by atoms with Gasteiger partial charge in [0.05, 0.1) is 6.33 Å². The molecule has 1 aromatic heterocycles. The third kappa shape index (κ3) is 2.68. The van der Waals surface area contributed by atoms with Gasteiger partial charge >= 0.3 is 0 Å². The number of nitrogens with zero attached hydrogens (tertiary/aromatic N) is 2. The molecule has 2 aliphatic rings. The van der Waals surface area contributed by atoms with Crippen LogP contribution in [-0.4, -0.2) is 28.8 Å². The normalized spacial score (nSPS) is 23.6. The van der Waals surface area contributed by atoms with Crippen LogP contribution in [0.4, 0.5) is 0 Å². The monoisotopic (exact) mass is 299 g/mol. The highest BCUT2D eigenvalue weighted by Crippen LogP contribution is 2.32. The Morgan fingerprint density at radius 3 is 2.95 bits per heavy atom. The molecule has 116 valence electrons. The van der Waals surface area contributed by atoms with Crippen molar-refractivity contribution >= 4 is 0 Å². The zero-order valence-electron chi connectivity index (χ0n) is 12.6. The van der Waals surface area contributed by atoms with E-state index in [-0.39, 0.29) is 0 Å². The van der Waals surface area contributed by atoms with Gasteiger partial charge in [-0.05, 0) is 37.0 Å². The molecule has 1 aliphatic carbocycles. The summed E-state index contributed by atoms with van der Waals surface area (Å²) in [5, 5.41) is 3.70. The summed E-state index contributed by atoms with van der Waals surface area (Å²) in [5.74, 6) is 1.72. The van der Waals surface area contributed by atoms with E-state index in [1.807, 2.05) is 18.6 Å². The van der Waals surface area contributed by atoms with E-state index in [1.54, 1.807) is 0 Å².